The summed E-state index contributed by atoms with van der Waals surface area (Å²) in [6, 6.07) is 4.10. The van der Waals surface area contributed by atoms with Crippen molar-refractivity contribution in [2.24, 2.45) is 4.99 Å². The van der Waals surface area contributed by atoms with Gasteiger partial charge in [-0.2, -0.15) is 11.8 Å². The summed E-state index contributed by atoms with van der Waals surface area (Å²) in [4.78, 5) is 13.3. The molecular formula is C16H28IN5S. The maximum Gasteiger partial charge on any atom is 0.193 e. The molecule has 1 N–H and O–H groups in total. The van der Waals surface area contributed by atoms with E-state index in [0.717, 1.165) is 31.4 Å². The molecule has 2 rings (SSSR count). The lowest BCUT2D eigenvalue weighted by atomic mass is 10.2. The van der Waals surface area contributed by atoms with Gasteiger partial charge in [0.25, 0.3) is 0 Å². The molecule has 5 nitrogen and oxygen atoms in total. The number of guanidine groups is 1. The van der Waals surface area contributed by atoms with Crippen LogP contribution in [-0.2, 0) is 6.54 Å². The summed E-state index contributed by atoms with van der Waals surface area (Å²) >= 11 is 2.07. The number of thioether (sulfide) groups is 1. The van der Waals surface area contributed by atoms with Crippen LogP contribution in [0.15, 0.2) is 23.3 Å². The highest BCUT2D eigenvalue weighted by Gasteiger charge is 2.21. The summed E-state index contributed by atoms with van der Waals surface area (Å²) < 4.78 is 0. The van der Waals surface area contributed by atoms with Crippen molar-refractivity contribution in [1.29, 1.82) is 0 Å². The fraction of sp³-hybridized carbons (Fsp3) is 0.625. The molecular weight excluding hydrogens is 421 g/mol. The highest BCUT2D eigenvalue weighted by atomic mass is 127. The van der Waals surface area contributed by atoms with Gasteiger partial charge < -0.3 is 15.1 Å². The van der Waals surface area contributed by atoms with Crippen molar-refractivity contribution in [2.45, 2.75) is 25.1 Å². The van der Waals surface area contributed by atoms with Crippen molar-refractivity contribution in [3.8, 4) is 0 Å². The predicted octanol–water partition coefficient (Wildman–Crippen LogP) is 2.67. The molecule has 130 valence electrons. The minimum atomic E-state index is 0. The first kappa shape index (κ1) is 20.3. The minimum Gasteiger partial charge on any atom is -0.362 e. The zero-order chi connectivity index (χ0) is 15.9. The van der Waals surface area contributed by atoms with E-state index in [1.54, 1.807) is 0 Å². The van der Waals surface area contributed by atoms with Crippen LogP contribution >= 0.6 is 35.7 Å². The van der Waals surface area contributed by atoms with E-state index >= 15 is 0 Å². The van der Waals surface area contributed by atoms with Crippen molar-refractivity contribution in [1.82, 2.24) is 15.2 Å². The first-order valence-electron chi connectivity index (χ1n) is 7.84. The quantitative estimate of drug-likeness (QED) is 0.435. The van der Waals surface area contributed by atoms with E-state index in [9.17, 15) is 0 Å². The minimum absolute atomic E-state index is 0. The first-order chi connectivity index (χ1) is 10.7. The van der Waals surface area contributed by atoms with Gasteiger partial charge in [0.05, 0.1) is 0 Å². The molecule has 0 radical (unpaired) electrons. The molecule has 0 bridgehead atoms. The number of aromatic nitrogens is 1. The van der Waals surface area contributed by atoms with Gasteiger partial charge in [0, 0.05) is 63.5 Å². The molecule has 0 saturated carbocycles. The second kappa shape index (κ2) is 10.2. The van der Waals surface area contributed by atoms with Crippen LogP contribution in [0.25, 0.3) is 0 Å². The first-order valence-corrected chi connectivity index (χ1v) is 8.89. The fourth-order valence-electron chi connectivity index (χ4n) is 2.64. The Kier molecular flexibility index (Phi) is 9.04. The molecule has 1 saturated heterocycles. The van der Waals surface area contributed by atoms with Crippen molar-refractivity contribution in [3.05, 3.63) is 23.9 Å². The van der Waals surface area contributed by atoms with Crippen molar-refractivity contribution >= 4 is 47.5 Å². The third-order valence-corrected chi connectivity index (χ3v) is 5.21. The number of rotatable bonds is 4. The van der Waals surface area contributed by atoms with Gasteiger partial charge in [-0.15, -0.1) is 24.0 Å². The maximum absolute atomic E-state index is 4.46. The average molecular weight is 449 g/mol. The Bertz CT molecular complexity index is 509. The van der Waals surface area contributed by atoms with Crippen LogP contribution in [0.3, 0.4) is 0 Å². The molecule has 0 amide bonds. The van der Waals surface area contributed by atoms with E-state index in [1.807, 2.05) is 38.3 Å². The van der Waals surface area contributed by atoms with Gasteiger partial charge in [0.2, 0.25) is 0 Å². The summed E-state index contributed by atoms with van der Waals surface area (Å²) in [6.45, 7) is 5.15. The number of halogens is 1. The number of pyridine rings is 1. The molecule has 1 aliphatic rings. The zero-order valence-corrected chi connectivity index (χ0v) is 17.6. The monoisotopic (exact) mass is 449 g/mol. The zero-order valence-electron chi connectivity index (χ0n) is 14.5. The standard InChI is InChI=1S/C16H27N5S.HI/c1-5-14-12-21(9-10-22-14)16(17-2)19-11-13-7-6-8-18-15(13)20(3)4;/h6-8,14H,5,9-12H2,1-4H3,(H,17,19);1H. The van der Waals surface area contributed by atoms with Crippen LogP contribution < -0.4 is 10.2 Å². The number of aliphatic imine (C=N–C) groups is 1. The van der Waals surface area contributed by atoms with E-state index in [1.165, 1.54) is 17.7 Å². The van der Waals surface area contributed by atoms with Gasteiger partial charge in [0.1, 0.15) is 5.82 Å². The predicted molar refractivity (Wildman–Crippen MR) is 112 cm³/mol. The molecule has 1 aromatic rings. The average Bonchev–Trinajstić information content (AvgIpc) is 2.56. The molecule has 1 aromatic heterocycles. The summed E-state index contributed by atoms with van der Waals surface area (Å²) in [5, 5.41) is 4.21. The number of nitrogens with one attached hydrogen (secondary N) is 1. The fourth-order valence-corrected chi connectivity index (χ4v) is 3.82. The highest BCUT2D eigenvalue weighted by Crippen LogP contribution is 2.21. The molecule has 23 heavy (non-hydrogen) atoms. The number of nitrogens with zero attached hydrogens (tertiary/aromatic N) is 4. The SMILES string of the molecule is CCC1CN(C(=NC)NCc2cccnc2N(C)C)CCS1.I. The number of hydrogen-bond donors (Lipinski definition) is 1. The van der Waals surface area contributed by atoms with Gasteiger partial charge in [0.15, 0.2) is 5.96 Å². The molecule has 0 aliphatic carbocycles. The Morgan fingerprint density at radius 2 is 2.30 bits per heavy atom. The van der Waals surface area contributed by atoms with Gasteiger partial charge in [-0.05, 0) is 12.5 Å². The third-order valence-electron chi connectivity index (χ3n) is 3.83. The third kappa shape index (κ3) is 5.70. The molecule has 1 aliphatic heterocycles. The van der Waals surface area contributed by atoms with Gasteiger partial charge in [-0.1, -0.05) is 13.0 Å². The molecule has 1 fully saturated rings. The van der Waals surface area contributed by atoms with Crippen LogP contribution in [-0.4, -0.2) is 61.1 Å². The lowest BCUT2D eigenvalue weighted by Gasteiger charge is -2.34. The Morgan fingerprint density at radius 3 is 2.96 bits per heavy atom. The van der Waals surface area contributed by atoms with Crippen molar-refractivity contribution in [2.75, 3.05) is 44.9 Å². The highest BCUT2D eigenvalue weighted by molar-refractivity contribution is 14.0. The normalized spacial score (nSPS) is 18.3. The number of hydrogen-bond acceptors (Lipinski definition) is 4. The Hall–Kier alpha value is -0.700. The van der Waals surface area contributed by atoms with E-state index < -0.39 is 0 Å². The topological polar surface area (TPSA) is 43.8 Å². The molecule has 0 aromatic carbocycles. The van der Waals surface area contributed by atoms with Gasteiger partial charge in [-0.3, -0.25) is 4.99 Å². The van der Waals surface area contributed by atoms with Gasteiger partial charge >= 0.3 is 0 Å². The molecule has 1 unspecified atom stereocenters. The Morgan fingerprint density at radius 1 is 1.52 bits per heavy atom. The Labute approximate surface area is 161 Å². The lowest BCUT2D eigenvalue weighted by molar-refractivity contribution is 0.408. The van der Waals surface area contributed by atoms with Crippen LogP contribution in [0, 0.1) is 0 Å². The van der Waals surface area contributed by atoms with E-state index in [4.69, 9.17) is 0 Å². The van der Waals surface area contributed by atoms with Crippen LogP contribution in [0.1, 0.15) is 18.9 Å². The largest absolute Gasteiger partial charge is 0.362 e. The maximum atomic E-state index is 4.46. The lowest BCUT2D eigenvalue weighted by Crippen LogP contribution is -2.47. The number of anilines is 1. The van der Waals surface area contributed by atoms with Crippen LogP contribution in [0.4, 0.5) is 5.82 Å². The second-order valence-electron chi connectivity index (χ2n) is 5.63. The molecule has 0 spiro atoms. The summed E-state index contributed by atoms with van der Waals surface area (Å²) in [7, 11) is 5.91. The van der Waals surface area contributed by atoms with Crippen molar-refractivity contribution < 1.29 is 0 Å². The van der Waals surface area contributed by atoms with Crippen molar-refractivity contribution in [3.63, 3.8) is 0 Å². The second-order valence-corrected chi connectivity index (χ2v) is 7.04. The molecule has 1 atom stereocenters. The smallest absolute Gasteiger partial charge is 0.193 e. The summed E-state index contributed by atoms with van der Waals surface area (Å²) in [5.74, 6) is 3.17. The molecule has 7 heteroatoms. The van der Waals surface area contributed by atoms with E-state index in [-0.39, 0.29) is 24.0 Å². The summed E-state index contributed by atoms with van der Waals surface area (Å²) in [5.41, 5.74) is 1.19. The van der Waals surface area contributed by atoms with E-state index in [0.29, 0.717) is 5.25 Å². The van der Waals surface area contributed by atoms with Crippen LogP contribution in [0.2, 0.25) is 0 Å². The molecule has 2 heterocycles. The Balaban J connectivity index is 0.00000264. The van der Waals surface area contributed by atoms with Gasteiger partial charge in [-0.25, -0.2) is 4.98 Å². The van der Waals surface area contributed by atoms with E-state index in [2.05, 4.69) is 44.9 Å². The van der Waals surface area contributed by atoms with Crippen LogP contribution in [0.5, 0.6) is 0 Å². The summed E-state index contributed by atoms with van der Waals surface area (Å²) in [6.07, 6.45) is 3.05.